The fourth-order valence-electron chi connectivity index (χ4n) is 2.53. The molecule has 1 aliphatic rings. The number of anilines is 1. The van der Waals surface area contributed by atoms with Crippen LogP contribution in [-0.2, 0) is 7.05 Å². The number of hydrogen-bond acceptors (Lipinski definition) is 6. The van der Waals surface area contributed by atoms with Crippen LogP contribution in [0.25, 0.3) is 11.4 Å². The zero-order valence-electron chi connectivity index (χ0n) is 12.3. The summed E-state index contributed by atoms with van der Waals surface area (Å²) in [5.74, 6) is -0.0325. The molecule has 1 atom stereocenters. The molecular weight excluding hydrogens is 288 g/mol. The lowest BCUT2D eigenvalue weighted by molar-refractivity contribution is 0.0153. The van der Waals surface area contributed by atoms with Gasteiger partial charge in [0.15, 0.2) is 23.0 Å². The maximum absolute atomic E-state index is 12.3. The number of phenols is 2. The van der Waals surface area contributed by atoms with Crippen LogP contribution in [0.2, 0.25) is 0 Å². The van der Waals surface area contributed by atoms with Crippen molar-refractivity contribution < 1.29 is 20.1 Å². The van der Waals surface area contributed by atoms with E-state index >= 15 is 0 Å². The number of aromatic nitrogens is 2. The molecule has 1 aliphatic heterocycles. The van der Waals surface area contributed by atoms with Gasteiger partial charge >= 0.3 is 0 Å². The second kappa shape index (κ2) is 4.63. The average molecular weight is 304 g/mol. The van der Waals surface area contributed by atoms with Gasteiger partial charge in [0, 0.05) is 26.7 Å². The molecule has 22 heavy (non-hydrogen) atoms. The number of aliphatic hydroxyl groups excluding tert-OH is 1. The van der Waals surface area contributed by atoms with Crippen LogP contribution < -0.4 is 4.90 Å². The maximum atomic E-state index is 12.3. The minimum absolute atomic E-state index is 0.230. The van der Waals surface area contributed by atoms with Gasteiger partial charge in [0.1, 0.15) is 5.82 Å². The summed E-state index contributed by atoms with van der Waals surface area (Å²) in [5.41, 5.74) is 0.892. The number of phenolic OH excluding ortho intramolecular Hbond substituents is 2. The number of amides is 1. The molecule has 8 heteroatoms. The molecule has 8 nitrogen and oxygen atoms in total. The molecule has 1 aromatic heterocycles. The van der Waals surface area contributed by atoms with Gasteiger partial charge in [-0.05, 0) is 18.2 Å². The number of rotatable bonds is 1. The highest BCUT2D eigenvalue weighted by molar-refractivity contribution is 6.00. The Balaban J connectivity index is 2.19. The van der Waals surface area contributed by atoms with E-state index in [2.05, 4.69) is 4.98 Å². The minimum Gasteiger partial charge on any atom is -0.504 e. The maximum Gasteiger partial charge on any atom is 0.277 e. The quantitative estimate of drug-likeness (QED) is 0.655. The Morgan fingerprint density at radius 2 is 1.77 bits per heavy atom. The standard InChI is InChI=1S/C14H16N4O4/c1-16-10-12(17(2)14(22)18(3)13(10)21)15-11(16)7-4-5-8(19)9(20)6-7/h4-6,14,19-20,22H,1-3H3. The SMILES string of the molecule is CN1C(=O)c2c(nc(-c3ccc(O)c(O)c3)n2C)N(C)C1O. The first-order chi connectivity index (χ1) is 10.3. The number of hydrogen-bond donors (Lipinski definition) is 3. The van der Waals surface area contributed by atoms with Gasteiger partial charge < -0.3 is 24.8 Å². The van der Waals surface area contributed by atoms with Crippen LogP contribution in [0.5, 0.6) is 11.5 Å². The van der Waals surface area contributed by atoms with Gasteiger partial charge in [-0.3, -0.25) is 9.69 Å². The molecule has 3 rings (SSSR count). The summed E-state index contributed by atoms with van der Waals surface area (Å²) in [5, 5.41) is 29.1. The van der Waals surface area contributed by atoms with Gasteiger partial charge in [-0.25, -0.2) is 4.98 Å². The molecule has 0 saturated heterocycles. The lowest BCUT2D eigenvalue weighted by Gasteiger charge is -2.36. The van der Waals surface area contributed by atoms with Gasteiger partial charge in [-0.1, -0.05) is 0 Å². The van der Waals surface area contributed by atoms with Gasteiger partial charge in [0.05, 0.1) is 0 Å². The Kier molecular flexibility index (Phi) is 2.99. The Labute approximate surface area is 126 Å². The molecule has 116 valence electrons. The third kappa shape index (κ3) is 1.81. The van der Waals surface area contributed by atoms with E-state index in [1.165, 1.54) is 29.0 Å². The van der Waals surface area contributed by atoms with Crippen molar-refractivity contribution >= 4 is 11.7 Å². The molecule has 2 heterocycles. The van der Waals surface area contributed by atoms with Crippen LogP contribution in [0.4, 0.5) is 5.82 Å². The first-order valence-electron chi connectivity index (χ1n) is 6.60. The molecule has 1 unspecified atom stereocenters. The van der Waals surface area contributed by atoms with E-state index in [0.717, 1.165) is 0 Å². The predicted molar refractivity (Wildman–Crippen MR) is 78.5 cm³/mol. The number of imidazole rings is 1. The molecule has 0 bridgehead atoms. The van der Waals surface area contributed by atoms with Gasteiger partial charge in [0.25, 0.3) is 5.91 Å². The topological polar surface area (TPSA) is 102 Å². The smallest absolute Gasteiger partial charge is 0.277 e. The highest BCUT2D eigenvalue weighted by atomic mass is 16.3. The second-order valence-electron chi connectivity index (χ2n) is 5.24. The summed E-state index contributed by atoms with van der Waals surface area (Å²) in [7, 11) is 4.82. The predicted octanol–water partition coefficient (Wildman–Crippen LogP) is 0.296. The van der Waals surface area contributed by atoms with E-state index in [1.54, 1.807) is 24.7 Å². The van der Waals surface area contributed by atoms with Gasteiger partial charge in [-0.2, -0.15) is 0 Å². The monoisotopic (exact) mass is 304 g/mol. The zero-order chi connectivity index (χ0) is 16.2. The van der Waals surface area contributed by atoms with Crippen molar-refractivity contribution in [2.24, 2.45) is 7.05 Å². The molecule has 0 saturated carbocycles. The Hall–Kier alpha value is -2.74. The molecule has 0 radical (unpaired) electrons. The van der Waals surface area contributed by atoms with Crippen LogP contribution in [-0.4, -0.2) is 56.1 Å². The second-order valence-corrected chi connectivity index (χ2v) is 5.24. The summed E-state index contributed by atoms with van der Waals surface area (Å²) >= 11 is 0. The highest BCUT2D eigenvalue weighted by Gasteiger charge is 2.37. The zero-order valence-corrected chi connectivity index (χ0v) is 12.3. The van der Waals surface area contributed by atoms with E-state index in [9.17, 15) is 20.1 Å². The van der Waals surface area contributed by atoms with Gasteiger partial charge in [-0.15, -0.1) is 0 Å². The van der Waals surface area contributed by atoms with E-state index in [4.69, 9.17) is 0 Å². The van der Waals surface area contributed by atoms with Crippen LogP contribution in [0.3, 0.4) is 0 Å². The molecule has 0 fully saturated rings. The number of fused-ring (bicyclic) bond motifs is 1. The molecule has 0 aliphatic carbocycles. The Morgan fingerprint density at radius 3 is 2.41 bits per heavy atom. The van der Waals surface area contributed by atoms with Crippen molar-refractivity contribution in [3.8, 4) is 22.9 Å². The number of nitrogens with zero attached hydrogens (tertiary/aromatic N) is 4. The van der Waals surface area contributed by atoms with E-state index in [1.807, 2.05) is 0 Å². The third-order valence-corrected chi connectivity index (χ3v) is 3.86. The van der Waals surface area contributed by atoms with Crippen LogP contribution >= 0.6 is 0 Å². The Bertz CT molecular complexity index is 770. The highest BCUT2D eigenvalue weighted by Crippen LogP contribution is 2.34. The van der Waals surface area contributed by atoms with Crippen LogP contribution in [0.1, 0.15) is 10.5 Å². The first-order valence-corrected chi connectivity index (χ1v) is 6.60. The molecular formula is C14H16N4O4. The minimum atomic E-state index is -1.09. The molecule has 1 aromatic carbocycles. The fraction of sp³-hybridized carbons (Fsp3) is 0.286. The Morgan fingerprint density at radius 1 is 1.09 bits per heavy atom. The van der Waals surface area contributed by atoms with Crippen LogP contribution in [0.15, 0.2) is 18.2 Å². The lowest BCUT2D eigenvalue weighted by atomic mass is 10.2. The number of benzene rings is 1. The fourth-order valence-corrected chi connectivity index (χ4v) is 2.53. The van der Waals surface area contributed by atoms with E-state index in [-0.39, 0.29) is 17.4 Å². The summed E-state index contributed by atoms with van der Waals surface area (Å²) in [4.78, 5) is 19.4. The number of aliphatic hydroxyl groups is 1. The number of aromatic hydroxyl groups is 2. The van der Waals surface area contributed by atoms with Crippen molar-refractivity contribution in [3.63, 3.8) is 0 Å². The molecule has 3 N–H and O–H groups in total. The van der Waals surface area contributed by atoms with Crippen molar-refractivity contribution in [1.82, 2.24) is 14.5 Å². The van der Waals surface area contributed by atoms with E-state index in [0.29, 0.717) is 22.9 Å². The van der Waals surface area contributed by atoms with Crippen LogP contribution in [0, 0.1) is 0 Å². The van der Waals surface area contributed by atoms with Crippen molar-refractivity contribution in [3.05, 3.63) is 23.9 Å². The van der Waals surface area contributed by atoms with Crippen molar-refractivity contribution in [2.75, 3.05) is 19.0 Å². The normalized spacial score (nSPS) is 17.8. The largest absolute Gasteiger partial charge is 0.504 e. The van der Waals surface area contributed by atoms with E-state index < -0.39 is 6.35 Å². The lowest BCUT2D eigenvalue weighted by Crippen LogP contribution is -2.52. The summed E-state index contributed by atoms with van der Waals surface area (Å²) < 4.78 is 1.60. The molecule has 1 amide bonds. The molecule has 2 aromatic rings. The average Bonchev–Trinajstić information content (AvgIpc) is 2.83. The third-order valence-electron chi connectivity index (χ3n) is 3.86. The van der Waals surface area contributed by atoms with Crippen molar-refractivity contribution in [1.29, 1.82) is 0 Å². The number of carbonyl (C=O) groups is 1. The van der Waals surface area contributed by atoms with Gasteiger partial charge in [0.2, 0.25) is 6.35 Å². The van der Waals surface area contributed by atoms with Crippen molar-refractivity contribution in [2.45, 2.75) is 6.35 Å². The summed E-state index contributed by atoms with van der Waals surface area (Å²) in [6.07, 6.45) is -1.09. The summed E-state index contributed by atoms with van der Waals surface area (Å²) in [6.45, 7) is 0. The first kappa shape index (κ1) is 14.2. The number of carbonyl (C=O) groups excluding carboxylic acids is 1. The summed E-state index contributed by atoms with van der Waals surface area (Å²) in [6, 6.07) is 4.31. The molecule has 0 spiro atoms.